The molecule has 170 valence electrons. The van der Waals surface area contributed by atoms with Crippen LogP contribution in [0.5, 0.6) is 5.75 Å². The Balaban J connectivity index is 1.46. The van der Waals surface area contributed by atoms with Crippen LogP contribution in [0.1, 0.15) is 44.2 Å². The highest BCUT2D eigenvalue weighted by Crippen LogP contribution is 2.22. The van der Waals surface area contributed by atoms with Crippen molar-refractivity contribution in [3.05, 3.63) is 93.0 Å². The topological polar surface area (TPSA) is 82.2 Å². The molecule has 0 atom stereocenters. The van der Waals surface area contributed by atoms with Crippen molar-refractivity contribution < 1.29 is 14.1 Å². The molecule has 0 spiro atoms. The van der Waals surface area contributed by atoms with E-state index in [1.165, 1.54) is 5.56 Å². The van der Waals surface area contributed by atoms with Crippen LogP contribution in [0.2, 0.25) is 5.02 Å². The Labute approximate surface area is 197 Å². The lowest BCUT2D eigenvalue weighted by Gasteiger charge is -2.08. The van der Waals surface area contributed by atoms with E-state index in [9.17, 15) is 4.79 Å². The first-order chi connectivity index (χ1) is 15.8. The van der Waals surface area contributed by atoms with E-state index >= 15 is 0 Å². The third-order valence-electron chi connectivity index (χ3n) is 5.51. The number of halogens is 1. The second-order valence-corrected chi connectivity index (χ2v) is 8.45. The summed E-state index contributed by atoms with van der Waals surface area (Å²) < 4.78 is 13.0. The lowest BCUT2D eigenvalue weighted by molar-refractivity contribution is 0.101. The number of amides is 1. The van der Waals surface area contributed by atoms with Crippen molar-refractivity contribution in [1.82, 2.24) is 14.9 Å². The molecular formula is C25H25ClN4O3. The number of benzene rings is 2. The van der Waals surface area contributed by atoms with Gasteiger partial charge in [0.1, 0.15) is 18.1 Å². The van der Waals surface area contributed by atoms with Gasteiger partial charge in [-0.25, -0.2) is 0 Å². The third kappa shape index (κ3) is 5.26. The summed E-state index contributed by atoms with van der Waals surface area (Å²) in [6, 6.07) is 15.3. The molecule has 0 saturated heterocycles. The van der Waals surface area contributed by atoms with Crippen molar-refractivity contribution >= 4 is 23.3 Å². The number of nitrogens with zero attached hydrogens (tertiary/aromatic N) is 3. The maximum absolute atomic E-state index is 12.9. The molecule has 1 amide bonds. The molecule has 0 bridgehead atoms. The minimum absolute atomic E-state index is 0.169. The summed E-state index contributed by atoms with van der Waals surface area (Å²) in [5.74, 6) is 1.28. The van der Waals surface area contributed by atoms with E-state index in [1.54, 1.807) is 17.7 Å². The van der Waals surface area contributed by atoms with Gasteiger partial charge in [0.05, 0.1) is 12.1 Å². The molecule has 0 aliphatic carbocycles. The molecule has 8 heteroatoms. The van der Waals surface area contributed by atoms with Gasteiger partial charge in [-0.15, -0.1) is 0 Å². The maximum Gasteiger partial charge on any atom is 0.279 e. The van der Waals surface area contributed by atoms with Crippen LogP contribution in [0.15, 0.2) is 53.1 Å². The van der Waals surface area contributed by atoms with Crippen LogP contribution in [0.25, 0.3) is 0 Å². The highest BCUT2D eigenvalue weighted by molar-refractivity contribution is 6.30. The van der Waals surface area contributed by atoms with Crippen LogP contribution < -0.4 is 10.1 Å². The molecule has 7 nitrogen and oxygen atoms in total. The zero-order chi connectivity index (χ0) is 23.5. The Hall–Kier alpha value is -3.58. The molecule has 0 aliphatic heterocycles. The SMILES string of the molecule is Cc1ccc(OCc2c(C(=O)Nc3cc(C)n(Cc4cccc(Cl)c4)n3)noc2C)cc1C. The molecule has 2 heterocycles. The average molecular weight is 465 g/mol. The van der Waals surface area contributed by atoms with Crippen molar-refractivity contribution in [3.63, 3.8) is 0 Å². The molecule has 0 unspecified atom stereocenters. The predicted octanol–water partition coefficient (Wildman–Crippen LogP) is 5.64. The number of aryl methyl sites for hydroxylation is 4. The van der Waals surface area contributed by atoms with Gasteiger partial charge in [0, 0.05) is 16.8 Å². The van der Waals surface area contributed by atoms with Gasteiger partial charge in [-0.1, -0.05) is 35.0 Å². The van der Waals surface area contributed by atoms with Crippen LogP contribution in [-0.2, 0) is 13.2 Å². The molecule has 4 rings (SSSR count). The first-order valence-electron chi connectivity index (χ1n) is 10.6. The second kappa shape index (κ2) is 9.50. The monoisotopic (exact) mass is 464 g/mol. The Kier molecular flexibility index (Phi) is 6.51. The molecule has 0 saturated carbocycles. The number of aromatic nitrogens is 3. The van der Waals surface area contributed by atoms with Gasteiger partial charge >= 0.3 is 0 Å². The molecule has 1 N–H and O–H groups in total. The van der Waals surface area contributed by atoms with Crippen LogP contribution in [0, 0.1) is 27.7 Å². The Bertz CT molecular complexity index is 1310. The van der Waals surface area contributed by atoms with Crippen LogP contribution in [0.4, 0.5) is 5.82 Å². The lowest BCUT2D eigenvalue weighted by Crippen LogP contribution is -2.16. The Morgan fingerprint density at radius 2 is 1.91 bits per heavy atom. The number of carbonyl (C=O) groups is 1. The number of anilines is 1. The average Bonchev–Trinajstić information content (AvgIpc) is 3.30. The summed E-state index contributed by atoms with van der Waals surface area (Å²) in [6.07, 6.45) is 0. The minimum atomic E-state index is -0.405. The Morgan fingerprint density at radius 3 is 2.67 bits per heavy atom. The number of hydrogen-bond donors (Lipinski definition) is 1. The zero-order valence-electron chi connectivity index (χ0n) is 19.0. The van der Waals surface area contributed by atoms with Crippen LogP contribution >= 0.6 is 11.6 Å². The summed E-state index contributed by atoms with van der Waals surface area (Å²) in [5.41, 5.74) is 5.02. The van der Waals surface area contributed by atoms with E-state index in [0.717, 1.165) is 22.6 Å². The van der Waals surface area contributed by atoms with E-state index < -0.39 is 5.91 Å². The molecular weight excluding hydrogens is 440 g/mol. The highest BCUT2D eigenvalue weighted by Gasteiger charge is 2.21. The number of nitrogens with one attached hydrogen (secondary N) is 1. The molecule has 0 radical (unpaired) electrons. The van der Waals surface area contributed by atoms with E-state index in [-0.39, 0.29) is 12.3 Å². The van der Waals surface area contributed by atoms with E-state index in [1.807, 2.05) is 63.2 Å². The van der Waals surface area contributed by atoms with E-state index in [2.05, 4.69) is 15.6 Å². The molecule has 0 fully saturated rings. The highest BCUT2D eigenvalue weighted by atomic mass is 35.5. The number of ether oxygens (including phenoxy) is 1. The predicted molar refractivity (Wildman–Crippen MR) is 127 cm³/mol. The van der Waals surface area contributed by atoms with Crippen LogP contribution in [0.3, 0.4) is 0 Å². The van der Waals surface area contributed by atoms with Gasteiger partial charge in [0.15, 0.2) is 11.5 Å². The molecule has 2 aromatic heterocycles. The second-order valence-electron chi connectivity index (χ2n) is 8.01. The first-order valence-corrected chi connectivity index (χ1v) is 10.9. The maximum atomic E-state index is 12.9. The van der Waals surface area contributed by atoms with E-state index in [4.69, 9.17) is 20.9 Å². The molecule has 4 aromatic rings. The molecule has 0 aliphatic rings. The largest absolute Gasteiger partial charge is 0.489 e. The summed E-state index contributed by atoms with van der Waals surface area (Å²) >= 11 is 6.08. The number of rotatable bonds is 7. The Morgan fingerprint density at radius 1 is 1.09 bits per heavy atom. The normalized spacial score (nSPS) is 10.9. The van der Waals surface area contributed by atoms with Gasteiger partial charge in [-0.3, -0.25) is 9.48 Å². The van der Waals surface area contributed by atoms with Gasteiger partial charge in [-0.2, -0.15) is 5.10 Å². The molecule has 33 heavy (non-hydrogen) atoms. The van der Waals surface area contributed by atoms with E-state index in [0.29, 0.717) is 28.7 Å². The van der Waals surface area contributed by atoms with Gasteiger partial charge < -0.3 is 14.6 Å². The number of carbonyl (C=O) groups excluding carboxylic acids is 1. The van der Waals surface area contributed by atoms with Gasteiger partial charge in [0.2, 0.25) is 0 Å². The fraction of sp³-hybridized carbons (Fsp3) is 0.240. The van der Waals surface area contributed by atoms with Crippen molar-refractivity contribution in [2.45, 2.75) is 40.8 Å². The summed E-state index contributed by atoms with van der Waals surface area (Å²) in [5, 5.41) is 11.9. The fourth-order valence-corrected chi connectivity index (χ4v) is 3.63. The number of hydrogen-bond acceptors (Lipinski definition) is 5. The van der Waals surface area contributed by atoms with Crippen molar-refractivity contribution in [2.24, 2.45) is 0 Å². The molecule has 2 aromatic carbocycles. The lowest BCUT2D eigenvalue weighted by atomic mass is 10.1. The summed E-state index contributed by atoms with van der Waals surface area (Å²) in [7, 11) is 0. The smallest absolute Gasteiger partial charge is 0.279 e. The zero-order valence-corrected chi connectivity index (χ0v) is 19.7. The van der Waals surface area contributed by atoms with Crippen molar-refractivity contribution in [1.29, 1.82) is 0 Å². The van der Waals surface area contributed by atoms with Crippen molar-refractivity contribution in [3.8, 4) is 5.75 Å². The van der Waals surface area contributed by atoms with Crippen molar-refractivity contribution in [2.75, 3.05) is 5.32 Å². The summed E-state index contributed by atoms with van der Waals surface area (Å²) in [4.78, 5) is 12.9. The first kappa shape index (κ1) is 22.6. The summed E-state index contributed by atoms with van der Waals surface area (Å²) in [6.45, 7) is 8.47. The standard InChI is InChI=1S/C25H25ClN4O3/c1-15-8-9-21(10-16(15)2)32-14-22-18(4)33-29-24(22)25(31)27-23-11-17(3)30(28-23)13-19-6-5-7-20(26)12-19/h5-12H,13-14H2,1-4H3,(H,27,28,31). The fourth-order valence-electron chi connectivity index (χ4n) is 3.41. The van der Waals surface area contributed by atoms with Crippen LogP contribution in [-0.4, -0.2) is 20.8 Å². The minimum Gasteiger partial charge on any atom is -0.489 e. The van der Waals surface area contributed by atoms with Gasteiger partial charge in [-0.05, 0) is 68.7 Å². The van der Waals surface area contributed by atoms with Gasteiger partial charge in [0.25, 0.3) is 5.91 Å². The quantitative estimate of drug-likeness (QED) is 0.383. The third-order valence-corrected chi connectivity index (χ3v) is 5.74.